The largest absolute Gasteiger partial charge is 0.497 e. The van der Waals surface area contributed by atoms with Gasteiger partial charge in [0.05, 0.1) is 18.5 Å². The Balaban J connectivity index is 1.85. The van der Waals surface area contributed by atoms with Gasteiger partial charge in [-0.25, -0.2) is 13.8 Å². The average molecular weight is 454 g/mol. The molecule has 0 atom stereocenters. The molecule has 0 saturated heterocycles. The van der Waals surface area contributed by atoms with Crippen LogP contribution in [0.5, 0.6) is 5.75 Å². The van der Waals surface area contributed by atoms with Gasteiger partial charge in [-0.1, -0.05) is 0 Å². The van der Waals surface area contributed by atoms with Crippen LogP contribution >= 0.6 is 11.3 Å². The molecule has 1 aromatic heterocycles. The minimum absolute atomic E-state index is 0.0992. The first-order valence-electron chi connectivity index (χ1n) is 9.11. The molecule has 0 saturated carbocycles. The fraction of sp³-hybridized carbons (Fsp3) is 0.0909. The standard InChI is InChI=1S/C22H16F2N4O3S/c1-13(29)28(20-8-3-15(23)10-19(20)24)22-27-17(12-32-22)9-14(11-25)21(30)26-16-4-6-18(31-2)7-5-16/h3-10,12H,1-2H3,(H,26,30)/b14-9+. The first-order chi connectivity index (χ1) is 15.3. The van der Waals surface area contributed by atoms with Crippen LogP contribution in [-0.4, -0.2) is 23.9 Å². The normalized spacial score (nSPS) is 10.9. The van der Waals surface area contributed by atoms with Crippen molar-refractivity contribution in [3.8, 4) is 11.8 Å². The van der Waals surface area contributed by atoms with Crippen LogP contribution in [0.4, 0.5) is 25.3 Å². The van der Waals surface area contributed by atoms with Crippen molar-refractivity contribution < 1.29 is 23.1 Å². The summed E-state index contributed by atoms with van der Waals surface area (Å²) < 4.78 is 32.5. The highest BCUT2D eigenvalue weighted by atomic mass is 32.1. The van der Waals surface area contributed by atoms with Crippen LogP contribution in [0.25, 0.3) is 6.08 Å². The van der Waals surface area contributed by atoms with E-state index in [1.165, 1.54) is 25.5 Å². The lowest BCUT2D eigenvalue weighted by Gasteiger charge is -2.18. The maximum atomic E-state index is 14.2. The predicted molar refractivity (Wildman–Crippen MR) is 117 cm³/mol. The third-order valence-corrected chi connectivity index (χ3v) is 5.02. The molecule has 0 bridgehead atoms. The van der Waals surface area contributed by atoms with Gasteiger partial charge in [0.15, 0.2) is 5.13 Å². The summed E-state index contributed by atoms with van der Waals surface area (Å²) in [7, 11) is 1.52. The fourth-order valence-electron chi connectivity index (χ4n) is 2.68. The number of thiazole rings is 1. The Morgan fingerprint density at radius 2 is 1.94 bits per heavy atom. The Labute approximate surface area is 186 Å². The van der Waals surface area contributed by atoms with Crippen molar-refractivity contribution in [1.82, 2.24) is 4.98 Å². The maximum Gasteiger partial charge on any atom is 0.266 e. The summed E-state index contributed by atoms with van der Waals surface area (Å²) in [5, 5.41) is 13.6. The zero-order chi connectivity index (χ0) is 23.3. The van der Waals surface area contributed by atoms with Gasteiger partial charge in [-0.3, -0.25) is 14.5 Å². The zero-order valence-corrected chi connectivity index (χ0v) is 17.7. The second kappa shape index (κ2) is 9.80. The number of nitriles is 1. The van der Waals surface area contributed by atoms with Gasteiger partial charge >= 0.3 is 0 Å². The van der Waals surface area contributed by atoms with Crippen molar-refractivity contribution in [2.24, 2.45) is 0 Å². The number of carbonyl (C=O) groups excluding carboxylic acids is 2. The van der Waals surface area contributed by atoms with Gasteiger partial charge in [0, 0.05) is 24.1 Å². The van der Waals surface area contributed by atoms with Gasteiger partial charge in [-0.05, 0) is 42.5 Å². The Morgan fingerprint density at radius 3 is 2.53 bits per heavy atom. The molecule has 1 N–H and O–H groups in total. The number of halogens is 2. The summed E-state index contributed by atoms with van der Waals surface area (Å²) in [6, 6.07) is 11.2. The number of nitrogens with one attached hydrogen (secondary N) is 1. The number of hydrogen-bond donors (Lipinski definition) is 1. The third kappa shape index (κ3) is 5.14. The van der Waals surface area contributed by atoms with E-state index in [1.54, 1.807) is 24.3 Å². The summed E-state index contributed by atoms with van der Waals surface area (Å²) in [5.74, 6) is -2.29. The summed E-state index contributed by atoms with van der Waals surface area (Å²) in [5.41, 5.74) is 0.298. The molecule has 1 heterocycles. The Hall–Kier alpha value is -4.10. The number of methoxy groups -OCH3 is 1. The molecule has 162 valence electrons. The van der Waals surface area contributed by atoms with E-state index in [0.29, 0.717) is 17.5 Å². The van der Waals surface area contributed by atoms with E-state index in [0.717, 1.165) is 28.4 Å². The number of ether oxygens (including phenoxy) is 1. The summed E-state index contributed by atoms with van der Waals surface area (Å²) in [6.07, 6.45) is 1.25. The van der Waals surface area contributed by atoms with Crippen molar-refractivity contribution >= 4 is 45.7 Å². The minimum atomic E-state index is -0.927. The summed E-state index contributed by atoms with van der Waals surface area (Å²) >= 11 is 1.000. The van der Waals surface area contributed by atoms with Crippen LogP contribution in [0.3, 0.4) is 0 Å². The number of rotatable bonds is 6. The number of hydrogen-bond acceptors (Lipinski definition) is 6. The molecule has 0 aliphatic rings. The van der Waals surface area contributed by atoms with Crippen molar-refractivity contribution in [2.75, 3.05) is 17.3 Å². The molecule has 0 aliphatic heterocycles. The van der Waals surface area contributed by atoms with E-state index >= 15 is 0 Å². The molecule has 32 heavy (non-hydrogen) atoms. The lowest BCUT2D eigenvalue weighted by atomic mass is 10.2. The molecule has 0 spiro atoms. The first kappa shape index (κ1) is 22.6. The Kier molecular flexibility index (Phi) is 6.92. The highest BCUT2D eigenvalue weighted by Crippen LogP contribution is 2.31. The summed E-state index contributed by atoms with van der Waals surface area (Å²) in [6.45, 7) is 1.21. The number of aromatic nitrogens is 1. The molecule has 0 unspecified atom stereocenters. The van der Waals surface area contributed by atoms with Gasteiger partial charge in [-0.2, -0.15) is 5.26 Å². The van der Waals surface area contributed by atoms with Crippen LogP contribution in [0, 0.1) is 23.0 Å². The van der Waals surface area contributed by atoms with Crippen LogP contribution in [0.15, 0.2) is 53.4 Å². The fourth-order valence-corrected chi connectivity index (χ4v) is 3.52. The average Bonchev–Trinajstić information content (AvgIpc) is 3.22. The highest BCUT2D eigenvalue weighted by molar-refractivity contribution is 7.14. The monoisotopic (exact) mass is 454 g/mol. The smallest absolute Gasteiger partial charge is 0.266 e. The second-order valence-electron chi connectivity index (χ2n) is 6.36. The molecular formula is C22H16F2N4O3S. The van der Waals surface area contributed by atoms with Gasteiger partial charge in [0.25, 0.3) is 5.91 Å². The molecule has 3 aromatic rings. The third-order valence-electron chi connectivity index (χ3n) is 4.17. The maximum absolute atomic E-state index is 14.2. The second-order valence-corrected chi connectivity index (χ2v) is 7.19. The summed E-state index contributed by atoms with van der Waals surface area (Å²) in [4.78, 5) is 29.8. The van der Waals surface area contributed by atoms with E-state index in [2.05, 4.69) is 10.3 Å². The van der Waals surface area contributed by atoms with E-state index in [4.69, 9.17) is 4.74 Å². The Bertz CT molecular complexity index is 1230. The number of amides is 2. The molecule has 0 aliphatic carbocycles. The van der Waals surface area contributed by atoms with Crippen LogP contribution in [0.2, 0.25) is 0 Å². The van der Waals surface area contributed by atoms with E-state index in [1.807, 2.05) is 6.07 Å². The molecule has 3 rings (SSSR count). The minimum Gasteiger partial charge on any atom is -0.497 e. The van der Waals surface area contributed by atoms with Gasteiger partial charge in [0.1, 0.15) is 29.0 Å². The topological polar surface area (TPSA) is 95.3 Å². The number of nitrogens with zero attached hydrogens (tertiary/aromatic N) is 3. The molecular weight excluding hydrogens is 438 g/mol. The van der Waals surface area contributed by atoms with Crippen LogP contribution in [0.1, 0.15) is 12.6 Å². The first-order valence-corrected chi connectivity index (χ1v) is 9.99. The van der Waals surface area contributed by atoms with Gasteiger partial charge < -0.3 is 10.1 Å². The molecule has 2 amide bonds. The number of carbonyl (C=O) groups is 2. The van der Waals surface area contributed by atoms with Crippen molar-refractivity contribution in [3.05, 3.63) is 70.7 Å². The molecule has 0 radical (unpaired) electrons. The van der Waals surface area contributed by atoms with E-state index < -0.39 is 23.4 Å². The van der Waals surface area contributed by atoms with E-state index in [9.17, 15) is 23.6 Å². The van der Waals surface area contributed by atoms with Crippen molar-refractivity contribution in [2.45, 2.75) is 6.92 Å². The predicted octanol–water partition coefficient (Wildman–Crippen LogP) is 4.66. The van der Waals surface area contributed by atoms with Crippen molar-refractivity contribution in [3.63, 3.8) is 0 Å². The van der Waals surface area contributed by atoms with Crippen molar-refractivity contribution in [1.29, 1.82) is 5.26 Å². The highest BCUT2D eigenvalue weighted by Gasteiger charge is 2.22. The number of anilines is 3. The zero-order valence-electron chi connectivity index (χ0n) is 16.9. The SMILES string of the molecule is COc1ccc(NC(=O)/C(C#N)=C/c2csc(N(C(C)=O)c3ccc(F)cc3F)n2)cc1. The van der Waals surface area contributed by atoms with Gasteiger partial charge in [-0.15, -0.1) is 11.3 Å². The Morgan fingerprint density at radius 1 is 1.22 bits per heavy atom. The lowest BCUT2D eigenvalue weighted by molar-refractivity contribution is -0.116. The lowest BCUT2D eigenvalue weighted by Crippen LogP contribution is -2.23. The van der Waals surface area contributed by atoms with Crippen LogP contribution in [-0.2, 0) is 9.59 Å². The molecule has 7 nitrogen and oxygen atoms in total. The molecule has 2 aromatic carbocycles. The van der Waals surface area contributed by atoms with E-state index in [-0.39, 0.29) is 22.1 Å². The van der Waals surface area contributed by atoms with Gasteiger partial charge in [0.2, 0.25) is 5.91 Å². The number of benzene rings is 2. The quantitative estimate of drug-likeness (QED) is 0.432. The molecule has 10 heteroatoms. The van der Waals surface area contributed by atoms with Crippen LogP contribution < -0.4 is 15.0 Å². The molecule has 0 fully saturated rings.